The van der Waals surface area contributed by atoms with Crippen molar-refractivity contribution in [1.82, 2.24) is 5.32 Å². The Bertz CT molecular complexity index is 2190. The summed E-state index contributed by atoms with van der Waals surface area (Å²) in [7, 11) is 0. The highest BCUT2D eigenvalue weighted by atomic mass is 16.8. The number of allylic oxidation sites excluding steroid dienone is 15. The first kappa shape index (κ1) is 90.9. The minimum atomic E-state index is -1.99. The Kier molecular flexibility index (Phi) is 55.4. The predicted octanol–water partition coefficient (Wildman–Crippen LogP) is 12.8. The molecule has 1 amide bonds. The topological polar surface area (TPSA) is 307 Å². The Labute approximate surface area is 603 Å². The molecule has 3 aliphatic heterocycles. The summed E-state index contributed by atoms with van der Waals surface area (Å²) >= 11 is 0. The maximum atomic E-state index is 13.5. The zero-order valence-corrected chi connectivity index (χ0v) is 61.6. The van der Waals surface area contributed by atoms with Crippen LogP contribution in [-0.4, -0.2) is 193 Å². The normalized spacial score (nSPS) is 27.0. The number of rotatable bonds is 61. The molecule has 0 aromatic rings. The molecule has 3 fully saturated rings. The summed E-state index contributed by atoms with van der Waals surface area (Å²) in [6, 6.07) is -1.00. The number of carbonyl (C=O) groups excluding carboxylic acids is 1. The van der Waals surface area contributed by atoms with Gasteiger partial charge in [-0.15, -0.1) is 0 Å². The van der Waals surface area contributed by atoms with Crippen LogP contribution in [0.4, 0.5) is 0 Å². The molecule has 0 aliphatic carbocycles. The van der Waals surface area contributed by atoms with Gasteiger partial charge in [-0.2, -0.15) is 0 Å². The van der Waals surface area contributed by atoms with Crippen molar-refractivity contribution in [1.29, 1.82) is 0 Å². The van der Waals surface area contributed by atoms with E-state index in [2.05, 4.69) is 104 Å². The van der Waals surface area contributed by atoms with Crippen LogP contribution < -0.4 is 5.32 Å². The first-order valence-electron chi connectivity index (χ1n) is 39.5. The standard InChI is InChI=1S/C81H141NO18/c1-3-5-7-9-11-13-15-17-19-21-23-25-27-29-31-32-33-35-37-39-41-43-45-47-49-51-53-55-57-59-69(87)82-64(65(86)58-56-54-52-50-48-46-44-42-40-38-36-34-30-28-26-24-22-20-18-16-14-12-10-8-6-4-2)63-95-79-75(93)72(90)77(67(61-84)97-79)100-81-76(94)73(91)78(68(62-85)98-81)99-80-74(92)71(89)70(88)66(60-83)96-80/h5,7,11,13,17,19,23,25,29,31,33,35,48,50,56,58,64-68,70-81,83-86,88-94H,3-4,6,8-10,12,14-16,18,20-22,24,26-28,30,32,34,36-47,49,51-55,57,59-63H2,1-2H3,(H,82,87)/b7-5-,13-11-,19-17-,25-23-,31-29-,35-33-,50-48+,58-56+. The Balaban J connectivity index is 1.40. The number of nitrogens with one attached hydrogen (secondary N) is 1. The third kappa shape index (κ3) is 40.8. The lowest BCUT2D eigenvalue weighted by Crippen LogP contribution is -2.66. The summed E-state index contributed by atoms with van der Waals surface area (Å²) in [4.78, 5) is 13.5. The van der Waals surface area contributed by atoms with Crippen molar-refractivity contribution in [3.05, 3.63) is 97.2 Å². The van der Waals surface area contributed by atoms with Crippen molar-refractivity contribution in [2.45, 2.75) is 381 Å². The van der Waals surface area contributed by atoms with E-state index in [-0.39, 0.29) is 18.9 Å². The molecule has 0 aromatic heterocycles. The molecule has 3 heterocycles. The predicted molar refractivity (Wildman–Crippen MR) is 397 cm³/mol. The molecule has 0 spiro atoms. The maximum Gasteiger partial charge on any atom is 0.220 e. The van der Waals surface area contributed by atoms with Gasteiger partial charge in [-0.05, 0) is 83.5 Å². The minimum Gasteiger partial charge on any atom is -0.394 e. The highest BCUT2D eigenvalue weighted by Crippen LogP contribution is 2.33. The Morgan fingerprint density at radius 2 is 0.700 bits per heavy atom. The van der Waals surface area contributed by atoms with Crippen molar-refractivity contribution < 1.29 is 89.4 Å². The molecule has 12 N–H and O–H groups in total. The van der Waals surface area contributed by atoms with E-state index in [4.69, 9.17) is 28.4 Å². The van der Waals surface area contributed by atoms with Crippen molar-refractivity contribution in [2.75, 3.05) is 26.4 Å². The zero-order valence-electron chi connectivity index (χ0n) is 61.6. The van der Waals surface area contributed by atoms with Gasteiger partial charge in [-0.1, -0.05) is 284 Å². The van der Waals surface area contributed by atoms with Gasteiger partial charge in [0, 0.05) is 6.42 Å². The first-order valence-corrected chi connectivity index (χ1v) is 39.5. The fourth-order valence-corrected chi connectivity index (χ4v) is 12.8. The lowest BCUT2D eigenvalue weighted by atomic mass is 9.96. The molecule has 17 unspecified atom stereocenters. The molecule has 0 saturated carbocycles. The monoisotopic (exact) mass is 1420 g/mol. The lowest BCUT2D eigenvalue weighted by molar-refractivity contribution is -0.379. The number of hydrogen-bond acceptors (Lipinski definition) is 18. The van der Waals surface area contributed by atoms with Gasteiger partial charge in [0.15, 0.2) is 18.9 Å². The summed E-state index contributed by atoms with van der Waals surface area (Å²) in [5, 5.41) is 121. The Morgan fingerprint density at radius 1 is 0.370 bits per heavy atom. The van der Waals surface area contributed by atoms with E-state index in [9.17, 15) is 61.0 Å². The van der Waals surface area contributed by atoms with Gasteiger partial charge in [0.1, 0.15) is 73.2 Å². The quantitative estimate of drug-likeness (QED) is 0.0199. The summed E-state index contributed by atoms with van der Waals surface area (Å²) in [5.41, 5.74) is 0. The number of aliphatic hydroxyl groups is 11. The van der Waals surface area contributed by atoms with Crippen molar-refractivity contribution in [3.63, 3.8) is 0 Å². The molecule has 0 radical (unpaired) electrons. The molecule has 19 nitrogen and oxygen atoms in total. The largest absolute Gasteiger partial charge is 0.394 e. The number of hydrogen-bond donors (Lipinski definition) is 12. The summed E-state index contributed by atoms with van der Waals surface area (Å²) in [6.45, 7) is 1.62. The average Bonchev–Trinajstić information content (AvgIpc) is 0.783. The minimum absolute atomic E-state index is 0.225. The van der Waals surface area contributed by atoms with Crippen LogP contribution in [-0.2, 0) is 33.2 Å². The highest BCUT2D eigenvalue weighted by Gasteiger charge is 2.53. The summed E-state index contributed by atoms with van der Waals surface area (Å²) in [6.07, 6.45) is 55.3. The van der Waals surface area contributed by atoms with E-state index in [1.165, 1.54) is 154 Å². The number of aliphatic hydroxyl groups excluding tert-OH is 11. The smallest absolute Gasteiger partial charge is 0.220 e. The SMILES string of the molecule is CC/C=C\C/C=C\C/C=C\C/C=C\C/C=C\C/C=C\CCCCCCCCCCCCC(=O)NC(COC1OC(CO)C(OC2OC(CO)C(OC3OC(CO)C(O)C(O)C3O)C(O)C2O)C(O)C1O)C(O)/C=C/CC/C=C/CCCCCCCCCCCCCCCCCCCCCC. The van der Waals surface area contributed by atoms with Crippen LogP contribution in [0.25, 0.3) is 0 Å². The number of amides is 1. The number of unbranched alkanes of at least 4 members (excludes halogenated alkanes) is 31. The van der Waals surface area contributed by atoms with Crippen molar-refractivity contribution in [3.8, 4) is 0 Å². The fraction of sp³-hybridized carbons (Fsp3) is 0.790. The molecule has 19 heteroatoms. The van der Waals surface area contributed by atoms with Crippen LogP contribution in [0.3, 0.4) is 0 Å². The van der Waals surface area contributed by atoms with E-state index in [0.717, 1.165) is 89.9 Å². The number of carbonyl (C=O) groups is 1. The molecule has 3 aliphatic rings. The van der Waals surface area contributed by atoms with E-state index in [1.54, 1.807) is 6.08 Å². The molecule has 100 heavy (non-hydrogen) atoms. The molecule has 17 atom stereocenters. The molecular weight excluding hydrogens is 1270 g/mol. The second-order valence-electron chi connectivity index (χ2n) is 27.8. The second-order valence-corrected chi connectivity index (χ2v) is 27.8. The van der Waals surface area contributed by atoms with Crippen LogP contribution in [0.2, 0.25) is 0 Å². The van der Waals surface area contributed by atoms with Crippen molar-refractivity contribution in [2.24, 2.45) is 0 Å². The fourth-order valence-electron chi connectivity index (χ4n) is 12.8. The van der Waals surface area contributed by atoms with Gasteiger partial charge in [-0.3, -0.25) is 4.79 Å². The average molecular weight is 1420 g/mol. The van der Waals surface area contributed by atoms with Gasteiger partial charge in [0.25, 0.3) is 0 Å². The van der Waals surface area contributed by atoms with Gasteiger partial charge in [-0.25, -0.2) is 0 Å². The van der Waals surface area contributed by atoms with E-state index in [1.807, 2.05) is 6.08 Å². The molecular formula is C81H141NO18. The van der Waals surface area contributed by atoms with Crippen LogP contribution >= 0.6 is 0 Å². The highest BCUT2D eigenvalue weighted by molar-refractivity contribution is 5.76. The number of ether oxygens (including phenoxy) is 6. The molecule has 3 rings (SSSR count). The van der Waals surface area contributed by atoms with Crippen LogP contribution in [0.5, 0.6) is 0 Å². The first-order chi connectivity index (χ1) is 48.8. The van der Waals surface area contributed by atoms with Crippen LogP contribution in [0, 0.1) is 0 Å². The molecule has 0 bridgehead atoms. The van der Waals surface area contributed by atoms with E-state index < -0.39 is 124 Å². The Morgan fingerprint density at radius 3 is 1.12 bits per heavy atom. The Hall–Kier alpha value is -3.29. The third-order valence-electron chi connectivity index (χ3n) is 19.1. The molecule has 0 aromatic carbocycles. The van der Waals surface area contributed by atoms with Crippen LogP contribution in [0.1, 0.15) is 277 Å². The lowest BCUT2D eigenvalue weighted by Gasteiger charge is -2.48. The van der Waals surface area contributed by atoms with Gasteiger partial charge in [0.2, 0.25) is 5.91 Å². The van der Waals surface area contributed by atoms with Gasteiger partial charge < -0.3 is 89.9 Å². The zero-order chi connectivity index (χ0) is 72.5. The van der Waals surface area contributed by atoms with Gasteiger partial charge >= 0.3 is 0 Å². The van der Waals surface area contributed by atoms with E-state index in [0.29, 0.717) is 12.8 Å². The maximum absolute atomic E-state index is 13.5. The second kappa shape index (κ2) is 60.9. The van der Waals surface area contributed by atoms with Crippen LogP contribution in [0.15, 0.2) is 97.2 Å². The molecule has 578 valence electrons. The summed E-state index contributed by atoms with van der Waals surface area (Å²) in [5.74, 6) is -0.292. The van der Waals surface area contributed by atoms with Crippen molar-refractivity contribution >= 4 is 5.91 Å². The summed E-state index contributed by atoms with van der Waals surface area (Å²) < 4.78 is 34.4. The molecule has 3 saturated heterocycles. The third-order valence-corrected chi connectivity index (χ3v) is 19.1. The van der Waals surface area contributed by atoms with E-state index >= 15 is 0 Å². The van der Waals surface area contributed by atoms with Gasteiger partial charge in [0.05, 0.1) is 38.6 Å².